The maximum Gasteiger partial charge on any atom is 0.347 e. The highest BCUT2D eigenvalue weighted by Gasteiger charge is 2.35. The van der Waals surface area contributed by atoms with E-state index in [1.54, 1.807) is 42.5 Å². The number of aromatic nitrogens is 1. The number of carbonyl (C=O) groups is 1. The van der Waals surface area contributed by atoms with Crippen LogP contribution in [0.15, 0.2) is 66.7 Å². The summed E-state index contributed by atoms with van der Waals surface area (Å²) < 4.78 is 18.3. The summed E-state index contributed by atoms with van der Waals surface area (Å²) in [5.74, 6) is -0.124. The number of halogens is 2. The average Bonchev–Trinajstić information content (AvgIpc) is 3.22. The van der Waals surface area contributed by atoms with Crippen LogP contribution in [0.1, 0.15) is 18.9 Å². The van der Waals surface area contributed by atoms with Crippen molar-refractivity contribution < 1.29 is 24.1 Å². The number of rotatable bonds is 10. The Morgan fingerprint density at radius 3 is 2.35 bits per heavy atom. The quantitative estimate of drug-likeness (QED) is 0.223. The van der Waals surface area contributed by atoms with Gasteiger partial charge in [-0.3, -0.25) is 0 Å². The molecule has 6 nitrogen and oxygen atoms in total. The third-order valence-corrected chi connectivity index (χ3v) is 6.75. The van der Waals surface area contributed by atoms with Crippen molar-refractivity contribution in [3.8, 4) is 16.7 Å². The number of hydrogen-bond donors (Lipinski definition) is 1. The van der Waals surface area contributed by atoms with Crippen LogP contribution in [-0.4, -0.2) is 28.3 Å². The summed E-state index contributed by atoms with van der Waals surface area (Å²) in [6.45, 7) is 1.82. The first kappa shape index (κ1) is 24.3. The lowest BCUT2D eigenvalue weighted by atomic mass is 10.0. The van der Waals surface area contributed by atoms with E-state index in [-0.39, 0.29) is 19.6 Å². The summed E-state index contributed by atoms with van der Waals surface area (Å²) >= 11 is 13.7. The number of hydrogen-bond acceptors (Lipinski definition) is 6. The molecule has 1 atom stereocenters. The van der Waals surface area contributed by atoms with Crippen LogP contribution in [0.25, 0.3) is 10.2 Å². The molecule has 0 aliphatic heterocycles. The summed E-state index contributed by atoms with van der Waals surface area (Å²) in [5.41, 5.74) is 0.0471. The predicted molar refractivity (Wildman–Crippen MR) is 134 cm³/mol. The summed E-state index contributed by atoms with van der Waals surface area (Å²) in [7, 11) is 0. The molecule has 0 saturated heterocycles. The fourth-order valence-corrected chi connectivity index (χ4v) is 4.49. The van der Waals surface area contributed by atoms with E-state index < -0.39 is 11.6 Å². The number of thiazole rings is 1. The molecule has 0 spiro atoms. The number of fused-ring (bicyclic) bond motifs is 1. The fourth-order valence-electron chi connectivity index (χ4n) is 3.14. The zero-order chi connectivity index (χ0) is 24.1. The van der Waals surface area contributed by atoms with E-state index in [0.29, 0.717) is 32.3 Å². The van der Waals surface area contributed by atoms with Crippen LogP contribution >= 0.6 is 34.5 Å². The van der Waals surface area contributed by atoms with Crippen LogP contribution in [0.4, 0.5) is 0 Å². The van der Waals surface area contributed by atoms with E-state index in [0.717, 1.165) is 10.2 Å². The van der Waals surface area contributed by atoms with Crippen molar-refractivity contribution in [1.29, 1.82) is 0 Å². The van der Waals surface area contributed by atoms with Crippen LogP contribution in [-0.2, 0) is 16.1 Å². The second-order valence-corrected chi connectivity index (χ2v) is 9.47. The van der Waals surface area contributed by atoms with Gasteiger partial charge in [0.05, 0.1) is 23.4 Å². The molecule has 1 heterocycles. The first-order valence-corrected chi connectivity index (χ1v) is 12.0. The van der Waals surface area contributed by atoms with Gasteiger partial charge in [0.25, 0.3) is 5.19 Å². The molecule has 1 N–H and O–H groups in total. The number of aliphatic carboxylic acids is 1. The molecule has 34 heavy (non-hydrogen) atoms. The van der Waals surface area contributed by atoms with Crippen molar-refractivity contribution in [2.45, 2.75) is 25.6 Å². The smallest absolute Gasteiger partial charge is 0.347 e. The van der Waals surface area contributed by atoms with Gasteiger partial charge in [-0.15, -0.1) is 0 Å². The Hall–Kier alpha value is -2.84. The highest BCUT2D eigenvalue weighted by Crippen LogP contribution is 2.32. The Balaban J connectivity index is 1.35. The molecule has 0 bridgehead atoms. The molecule has 176 valence electrons. The third-order valence-electron chi connectivity index (χ3n) is 5.13. The SMILES string of the molecule is CC(CCOCc1c(Cl)cccc1Cl)(Oc1ccc(Oc2nc3ccccc3s2)cc1)C(=O)O. The van der Waals surface area contributed by atoms with E-state index in [4.69, 9.17) is 37.4 Å². The van der Waals surface area contributed by atoms with Gasteiger partial charge in [0.2, 0.25) is 5.60 Å². The predicted octanol–water partition coefficient (Wildman–Crippen LogP) is 7.22. The first-order valence-electron chi connectivity index (χ1n) is 10.4. The maximum absolute atomic E-state index is 11.9. The third kappa shape index (κ3) is 5.80. The Kier molecular flexibility index (Phi) is 7.58. The van der Waals surface area contributed by atoms with Crippen molar-refractivity contribution in [2.24, 2.45) is 0 Å². The molecule has 3 aromatic carbocycles. The fraction of sp³-hybridized carbons (Fsp3) is 0.200. The minimum absolute atomic E-state index is 0.119. The lowest BCUT2D eigenvalue weighted by Gasteiger charge is -2.26. The van der Waals surface area contributed by atoms with Gasteiger partial charge in [0.1, 0.15) is 11.5 Å². The van der Waals surface area contributed by atoms with Gasteiger partial charge in [-0.25, -0.2) is 9.78 Å². The highest BCUT2D eigenvalue weighted by molar-refractivity contribution is 7.20. The molecule has 0 fully saturated rings. The van der Waals surface area contributed by atoms with Crippen molar-refractivity contribution >= 4 is 50.7 Å². The van der Waals surface area contributed by atoms with E-state index in [9.17, 15) is 9.90 Å². The van der Waals surface area contributed by atoms with Gasteiger partial charge in [-0.05, 0) is 55.5 Å². The van der Waals surface area contributed by atoms with Crippen LogP contribution in [0.3, 0.4) is 0 Å². The lowest BCUT2D eigenvalue weighted by Crippen LogP contribution is -2.42. The zero-order valence-corrected chi connectivity index (χ0v) is 20.5. The van der Waals surface area contributed by atoms with E-state index in [2.05, 4.69) is 4.98 Å². The normalized spacial score (nSPS) is 12.9. The Labute approximate surface area is 210 Å². The van der Waals surface area contributed by atoms with Crippen molar-refractivity contribution in [3.63, 3.8) is 0 Å². The standard InChI is InChI=1S/C25H21Cl2NO5S/c1-25(23(29)30,13-14-31-15-18-19(26)5-4-6-20(18)27)33-17-11-9-16(10-12-17)32-24-28-21-7-2-3-8-22(21)34-24/h2-12H,13-15H2,1H3,(H,29,30). The number of benzene rings is 3. The molecular weight excluding hydrogens is 497 g/mol. The number of carboxylic acids is 1. The summed E-state index contributed by atoms with van der Waals surface area (Å²) in [6, 6.07) is 19.7. The Morgan fingerprint density at radius 1 is 1.00 bits per heavy atom. The number of carboxylic acid groups (broad SMARTS) is 1. The number of para-hydroxylation sites is 1. The van der Waals surface area contributed by atoms with Gasteiger partial charge >= 0.3 is 5.97 Å². The lowest BCUT2D eigenvalue weighted by molar-refractivity contribution is -0.155. The maximum atomic E-state index is 11.9. The molecule has 1 aromatic heterocycles. The van der Waals surface area contributed by atoms with Crippen molar-refractivity contribution in [2.75, 3.05) is 6.61 Å². The van der Waals surface area contributed by atoms with Gasteiger partial charge in [-0.1, -0.05) is 52.7 Å². The molecule has 9 heteroatoms. The molecule has 4 aromatic rings. The van der Waals surface area contributed by atoms with Gasteiger partial charge in [0.15, 0.2) is 0 Å². The second-order valence-electron chi connectivity index (χ2n) is 7.66. The Morgan fingerprint density at radius 2 is 1.68 bits per heavy atom. The van der Waals surface area contributed by atoms with Crippen LogP contribution in [0, 0.1) is 0 Å². The zero-order valence-electron chi connectivity index (χ0n) is 18.2. The topological polar surface area (TPSA) is 77.9 Å². The van der Waals surface area contributed by atoms with Crippen molar-refractivity contribution in [3.05, 3.63) is 82.3 Å². The second kappa shape index (κ2) is 10.6. The number of nitrogens with zero attached hydrogens (tertiary/aromatic N) is 1. The monoisotopic (exact) mass is 517 g/mol. The summed E-state index contributed by atoms with van der Waals surface area (Å²) in [5, 5.41) is 11.3. The van der Waals surface area contributed by atoms with Gasteiger partial charge in [0, 0.05) is 22.0 Å². The van der Waals surface area contributed by atoms with Crippen molar-refractivity contribution in [1.82, 2.24) is 4.98 Å². The number of ether oxygens (including phenoxy) is 3. The van der Waals surface area contributed by atoms with Crippen LogP contribution in [0.5, 0.6) is 16.7 Å². The summed E-state index contributed by atoms with van der Waals surface area (Å²) in [6.07, 6.45) is 0.119. The van der Waals surface area contributed by atoms with E-state index in [1.807, 2.05) is 24.3 Å². The first-order chi connectivity index (χ1) is 16.3. The average molecular weight is 518 g/mol. The minimum Gasteiger partial charge on any atom is -0.478 e. The molecule has 0 saturated carbocycles. The van der Waals surface area contributed by atoms with Crippen LogP contribution in [0.2, 0.25) is 10.0 Å². The highest BCUT2D eigenvalue weighted by atomic mass is 35.5. The molecule has 0 radical (unpaired) electrons. The van der Waals surface area contributed by atoms with E-state index >= 15 is 0 Å². The summed E-state index contributed by atoms with van der Waals surface area (Å²) in [4.78, 5) is 16.4. The van der Waals surface area contributed by atoms with E-state index in [1.165, 1.54) is 18.3 Å². The molecule has 0 amide bonds. The Bertz CT molecular complexity index is 1240. The van der Waals surface area contributed by atoms with Gasteiger partial charge in [-0.2, -0.15) is 0 Å². The van der Waals surface area contributed by atoms with Gasteiger partial charge < -0.3 is 19.3 Å². The molecule has 4 rings (SSSR count). The largest absolute Gasteiger partial charge is 0.478 e. The molecular formula is C25H21Cl2NO5S. The molecule has 0 aliphatic carbocycles. The molecule has 1 unspecified atom stereocenters. The van der Waals surface area contributed by atoms with Crippen LogP contribution < -0.4 is 9.47 Å². The minimum atomic E-state index is -1.49. The molecule has 0 aliphatic rings.